The lowest BCUT2D eigenvalue weighted by atomic mass is 9.84. The monoisotopic (exact) mass is 1730 g/mol. The summed E-state index contributed by atoms with van der Waals surface area (Å²) in [4.78, 5) is 75.8. The van der Waals surface area contributed by atoms with E-state index in [1.807, 2.05) is 76.7 Å². The molecule has 2 unspecified atom stereocenters. The van der Waals surface area contributed by atoms with Crippen LogP contribution in [0.5, 0.6) is 23.0 Å². The van der Waals surface area contributed by atoms with Gasteiger partial charge in [0.25, 0.3) is 0 Å². The number of aromatic nitrogens is 18. The number of fused-ring (bicyclic) bond motifs is 6. The van der Waals surface area contributed by atoms with Crippen molar-refractivity contribution in [3.63, 3.8) is 0 Å². The lowest BCUT2D eigenvalue weighted by Gasteiger charge is -2.34. The van der Waals surface area contributed by atoms with E-state index in [0.717, 1.165) is 305 Å². The van der Waals surface area contributed by atoms with Crippen molar-refractivity contribution in [1.29, 1.82) is 0 Å². The Morgan fingerprint density at radius 2 is 0.844 bits per heavy atom. The number of rotatable bonds is 21. The van der Waals surface area contributed by atoms with E-state index < -0.39 is 0 Å². The van der Waals surface area contributed by atoms with Crippen molar-refractivity contribution in [2.24, 2.45) is 23.7 Å². The van der Waals surface area contributed by atoms with Crippen molar-refractivity contribution in [1.82, 2.24) is 89.9 Å². The number of hydrogen-bond acceptors (Lipinski definition) is 26. The summed E-state index contributed by atoms with van der Waals surface area (Å²) >= 11 is 0. The van der Waals surface area contributed by atoms with Gasteiger partial charge in [-0.1, -0.05) is 13.0 Å². The van der Waals surface area contributed by atoms with Gasteiger partial charge in [-0.2, -0.15) is 5.10 Å². The Bertz CT molecular complexity index is 5910. The maximum Gasteiger partial charge on any atom is 0.166 e. The fraction of sp³-hybridized carbons (Fsp3) is 0.470. The Morgan fingerprint density at radius 1 is 0.422 bits per heavy atom. The van der Waals surface area contributed by atoms with Crippen LogP contribution in [0.2, 0.25) is 0 Å². The second kappa shape index (κ2) is 41.5. The number of halogens is 1. The highest BCUT2D eigenvalue weighted by Gasteiger charge is 2.36. The lowest BCUT2D eigenvalue weighted by molar-refractivity contribution is 0.0304. The number of morpholine rings is 2. The van der Waals surface area contributed by atoms with Crippen LogP contribution in [0.15, 0.2) is 160 Å². The predicted octanol–water partition coefficient (Wildman–Crippen LogP) is 17.8. The maximum absolute atomic E-state index is 14.6. The molecule has 4 aliphatic heterocycles. The molecule has 4 aliphatic carbocycles. The molecule has 21 rings (SSSR count). The first kappa shape index (κ1) is 86.8. The number of benzene rings is 4. The highest BCUT2D eigenvalue weighted by atomic mass is 19.1. The molecule has 9 aromatic heterocycles. The molecule has 13 aromatic rings. The van der Waals surface area contributed by atoms with Gasteiger partial charge in [0.2, 0.25) is 0 Å². The van der Waals surface area contributed by atoms with Crippen LogP contribution in [-0.4, -0.2) is 179 Å². The van der Waals surface area contributed by atoms with Crippen LogP contribution in [0.25, 0.3) is 60.8 Å². The fourth-order valence-electron chi connectivity index (χ4n) is 19.7. The quantitative estimate of drug-likeness (QED) is 0.0698. The summed E-state index contributed by atoms with van der Waals surface area (Å²) in [5, 5.41) is 6.93. The average molecular weight is 1730 g/mol. The van der Waals surface area contributed by atoms with Crippen LogP contribution in [-0.2, 0) is 46.3 Å². The van der Waals surface area contributed by atoms with Crippen LogP contribution < -0.4 is 28.7 Å². The van der Waals surface area contributed by atoms with E-state index in [9.17, 15) is 4.39 Å². The average Bonchev–Trinajstić information content (AvgIpc) is 1.70. The first-order valence-electron chi connectivity index (χ1n) is 46.3. The summed E-state index contributed by atoms with van der Waals surface area (Å²) in [5.74, 6) is 7.98. The van der Waals surface area contributed by atoms with Gasteiger partial charge in [0.1, 0.15) is 68.9 Å². The predicted molar refractivity (Wildman–Crippen MR) is 489 cm³/mol. The molecule has 1 N–H and O–H groups in total. The van der Waals surface area contributed by atoms with E-state index in [1.54, 1.807) is 55.8 Å². The van der Waals surface area contributed by atoms with Gasteiger partial charge in [0, 0.05) is 147 Å². The van der Waals surface area contributed by atoms with Gasteiger partial charge < -0.3 is 43.0 Å². The van der Waals surface area contributed by atoms with E-state index >= 15 is 0 Å². The van der Waals surface area contributed by atoms with Gasteiger partial charge in [-0.25, -0.2) is 64.2 Å². The highest BCUT2D eigenvalue weighted by Crippen LogP contribution is 2.42. The van der Waals surface area contributed by atoms with E-state index in [1.165, 1.54) is 17.6 Å². The molecule has 128 heavy (non-hydrogen) atoms. The van der Waals surface area contributed by atoms with Crippen LogP contribution in [0.4, 0.5) is 15.8 Å². The number of aryl methyl sites for hydroxylation is 4. The third-order valence-electron chi connectivity index (χ3n) is 26.4. The standard InChI is InChI=1S/C26H29FN4O2.C26H31N5O2.C25H31N5O2.C23H24N6O/c1-2-21-25(27)22(31-16-30-21)13-17-3-5-20(6-4-17)33-24-15-19(18-7-11-32-12-8-18)14-23-26(24)29-10-9-28-23;1-17-27-9-8-19(30-17)12-18-2-4-21(5-3-18)33-25-14-20(13-24-26(25)29-11-10-28-24)31-15-22-6-7-23(16-31)32-22;1-17-16-30(11-12-31-17)21-14-23-25(28-10-9-27-23)24(15-21)32-22-5-3-19(4-6-22)13-20-7-8-26-18(2)29-20;1-15-24-7-6-19(29-15)10-16-2-4-20(5-3-16)30-22-12-17(18-13-27-28-14-18)11-21-23(22)26-9-8-25-21/h7,9-10,14-17,20H,2-6,8,11-13H2,1H3;8-11,13-14,18,21-23H,2-7,12,15-16H2,1H3;7-10,14-15,17,19,22H,3-6,11-13,16H2,1-2H3;6-9,11-14,16,20H,2-5,10H2,1H3,(H,27,28)/t;;17-,19?,22?;/m..1./s1. The summed E-state index contributed by atoms with van der Waals surface area (Å²) in [6.45, 7) is 15.6. The number of nitrogens with zero attached hydrogens (tertiary/aromatic N) is 19. The Balaban J connectivity index is 0.000000115. The third-order valence-corrected chi connectivity index (χ3v) is 26.4. The minimum atomic E-state index is -0.234. The van der Waals surface area contributed by atoms with E-state index in [2.05, 4.69) is 155 Å². The second-order valence-corrected chi connectivity index (χ2v) is 35.6. The molecule has 2 bridgehead atoms. The van der Waals surface area contributed by atoms with Crippen LogP contribution in [0.1, 0.15) is 187 Å². The lowest BCUT2D eigenvalue weighted by Crippen LogP contribution is -2.42. The summed E-state index contributed by atoms with van der Waals surface area (Å²) < 4.78 is 57.9. The van der Waals surface area contributed by atoms with Gasteiger partial charge in [-0.15, -0.1) is 0 Å². The number of anilines is 2. The smallest absolute Gasteiger partial charge is 0.166 e. The number of nitrogens with one attached hydrogen (secondary N) is 1. The number of hydrogen-bond donors (Lipinski definition) is 1. The molecular formula is C100H115FN20O7. The van der Waals surface area contributed by atoms with Crippen LogP contribution >= 0.6 is 0 Å². The summed E-state index contributed by atoms with van der Waals surface area (Å²) in [7, 11) is 0. The van der Waals surface area contributed by atoms with Crippen molar-refractivity contribution in [3.05, 3.63) is 217 Å². The number of aromatic amines is 1. The minimum Gasteiger partial charge on any atom is -0.488 e. The van der Waals surface area contributed by atoms with Gasteiger partial charge in [-0.3, -0.25) is 25.0 Å². The van der Waals surface area contributed by atoms with Crippen molar-refractivity contribution in [2.75, 3.05) is 55.8 Å². The second-order valence-electron chi connectivity index (χ2n) is 35.6. The number of ether oxygens (including phenoxy) is 7. The van der Waals surface area contributed by atoms with E-state index in [0.29, 0.717) is 66.7 Å². The molecule has 3 atom stereocenters. The van der Waals surface area contributed by atoms with E-state index in [4.69, 9.17) is 33.2 Å². The van der Waals surface area contributed by atoms with Gasteiger partial charge >= 0.3 is 0 Å². The molecule has 664 valence electrons. The number of H-pyrrole nitrogens is 1. The molecule has 13 heterocycles. The largest absolute Gasteiger partial charge is 0.488 e. The zero-order valence-corrected chi connectivity index (χ0v) is 74.0. The Kier molecular flexibility index (Phi) is 28.1. The third kappa shape index (κ3) is 22.3. The zero-order valence-electron chi connectivity index (χ0n) is 74.0. The highest BCUT2D eigenvalue weighted by molar-refractivity contribution is 5.89. The molecule has 0 amide bonds. The Hall–Kier alpha value is -11.9. The molecule has 4 saturated carbocycles. The van der Waals surface area contributed by atoms with Crippen LogP contribution in [0.3, 0.4) is 0 Å². The first-order valence-corrected chi connectivity index (χ1v) is 46.3. The minimum absolute atomic E-state index is 0.117. The molecular weight excluding hydrogens is 1610 g/mol. The Labute approximate surface area is 746 Å². The molecule has 7 fully saturated rings. The van der Waals surface area contributed by atoms with E-state index in [-0.39, 0.29) is 36.3 Å². The summed E-state index contributed by atoms with van der Waals surface area (Å²) in [6.07, 6.45) is 52.9. The van der Waals surface area contributed by atoms with Gasteiger partial charge in [0.05, 0.1) is 102 Å². The fourth-order valence-corrected chi connectivity index (χ4v) is 19.7. The Morgan fingerprint density at radius 3 is 1.27 bits per heavy atom. The molecule has 0 radical (unpaired) electrons. The molecule has 4 aromatic carbocycles. The van der Waals surface area contributed by atoms with Crippen molar-refractivity contribution >= 4 is 61.1 Å². The van der Waals surface area contributed by atoms with Crippen molar-refractivity contribution < 1.29 is 37.5 Å². The summed E-state index contributed by atoms with van der Waals surface area (Å²) in [6, 6.07) is 23.0. The molecule has 8 aliphatic rings. The maximum atomic E-state index is 14.6. The molecule has 3 saturated heterocycles. The van der Waals surface area contributed by atoms with Crippen molar-refractivity contribution in [3.8, 4) is 34.1 Å². The zero-order chi connectivity index (χ0) is 87.1. The van der Waals surface area contributed by atoms with Crippen molar-refractivity contribution in [2.45, 2.75) is 231 Å². The normalized spacial score (nSPS) is 22.9. The molecule has 0 spiro atoms. The topological polar surface area (TPSA) is 306 Å². The summed E-state index contributed by atoms with van der Waals surface area (Å²) in [5.41, 5.74) is 18.0. The van der Waals surface area contributed by atoms with Gasteiger partial charge in [-0.05, 0) is 277 Å². The van der Waals surface area contributed by atoms with Gasteiger partial charge in [0.15, 0.2) is 5.82 Å². The SMILES string of the molecule is CCc1ncnc(CC2CCC(Oc3cc(C4=CCOCC4)cc4nccnc34)CC2)c1F.Cc1nccc(CC2CCC(Oc3cc(-c4cn[nH]c4)cc4nccnc34)CC2)n1.Cc1nccc(CC2CCC(Oc3cc(N4CC5CCC(C4)O5)cc4nccnc34)CC2)n1.Cc1nccc(CC2CCC(Oc3cc(N4CCO[C@H](C)C4)cc4nccnc34)CC2)n1. The first-order chi connectivity index (χ1) is 62.8. The molecule has 27 nitrogen and oxygen atoms in total. The molecule has 28 heteroatoms. The van der Waals surface area contributed by atoms with Crippen LogP contribution in [0, 0.1) is 50.3 Å².